The first kappa shape index (κ1) is 16.1. The van der Waals surface area contributed by atoms with Gasteiger partial charge in [-0.15, -0.1) is 0 Å². The molecule has 0 bridgehead atoms. The Morgan fingerprint density at radius 3 is 1.62 bits per heavy atom. The highest BCUT2D eigenvalue weighted by Gasteiger charge is 2.21. The highest BCUT2D eigenvalue weighted by Crippen LogP contribution is 2.38. The van der Waals surface area contributed by atoms with Crippen LogP contribution in [0.25, 0.3) is 0 Å². The van der Waals surface area contributed by atoms with E-state index in [9.17, 15) is 15.3 Å². The number of rotatable bonds is 5. The summed E-state index contributed by atoms with van der Waals surface area (Å²) in [6, 6.07) is 14.3. The van der Waals surface area contributed by atoms with E-state index < -0.39 is 0 Å². The van der Waals surface area contributed by atoms with Gasteiger partial charge in [0.05, 0.1) is 0 Å². The van der Waals surface area contributed by atoms with E-state index >= 15 is 0 Å². The minimum atomic E-state index is -0.0549. The monoisotopic (exact) mass is 320 g/mol. The fourth-order valence-corrected chi connectivity index (χ4v) is 3.09. The molecule has 2 aromatic rings. The first-order valence-corrected chi connectivity index (χ1v) is 7.95. The molecule has 3 N–H and O–H groups in total. The van der Waals surface area contributed by atoms with E-state index in [1.165, 1.54) is 0 Å². The molecule has 3 nitrogen and oxygen atoms in total. The van der Waals surface area contributed by atoms with Gasteiger partial charge >= 0.3 is 0 Å². The topological polar surface area (TPSA) is 60.7 Å². The molecule has 122 valence electrons. The molecule has 24 heavy (non-hydrogen) atoms. The average Bonchev–Trinajstić information content (AvgIpc) is 3.12. The molecule has 3 heteroatoms. The quantitative estimate of drug-likeness (QED) is 0.779. The van der Waals surface area contributed by atoms with Gasteiger partial charge in [0.2, 0.25) is 0 Å². The number of aliphatic hydroxyl groups excluding tert-OH is 1. The van der Waals surface area contributed by atoms with Crippen LogP contribution in [0.4, 0.5) is 0 Å². The Morgan fingerprint density at radius 2 is 1.21 bits per heavy atom. The standard InChI is InChI=1S/C21H20O3/c22-14-13-20(15-3-1-2-4-15)21(16-5-9-18(23)10-6-16)17-7-11-19(24)12-8-17/h1-12,21-24H,13-14H2. The largest absolute Gasteiger partial charge is 0.508 e. The molecular formula is C21H20O3. The van der Waals surface area contributed by atoms with Crippen LogP contribution in [-0.2, 0) is 0 Å². The van der Waals surface area contributed by atoms with Crippen molar-refractivity contribution >= 4 is 0 Å². The van der Waals surface area contributed by atoms with Crippen LogP contribution in [-0.4, -0.2) is 21.9 Å². The fourth-order valence-electron chi connectivity index (χ4n) is 3.09. The van der Waals surface area contributed by atoms with Gasteiger partial charge in [0, 0.05) is 12.5 Å². The normalized spacial score (nSPS) is 13.0. The van der Waals surface area contributed by atoms with E-state index in [2.05, 4.69) is 0 Å². The molecule has 0 atom stereocenters. The van der Waals surface area contributed by atoms with E-state index in [-0.39, 0.29) is 24.0 Å². The highest BCUT2D eigenvalue weighted by atomic mass is 16.3. The minimum absolute atomic E-state index is 0.0549. The number of phenols is 2. The third kappa shape index (κ3) is 3.42. The third-order valence-corrected chi connectivity index (χ3v) is 4.22. The summed E-state index contributed by atoms with van der Waals surface area (Å²) in [4.78, 5) is 0. The number of hydrogen-bond donors (Lipinski definition) is 3. The van der Waals surface area contributed by atoms with Crippen molar-refractivity contribution in [2.45, 2.75) is 12.3 Å². The lowest BCUT2D eigenvalue weighted by atomic mass is 9.81. The van der Waals surface area contributed by atoms with Crippen LogP contribution in [0.15, 0.2) is 84.0 Å². The average molecular weight is 320 g/mol. The first-order chi connectivity index (χ1) is 11.7. The van der Waals surface area contributed by atoms with Crippen molar-refractivity contribution in [2.24, 2.45) is 0 Å². The maximum Gasteiger partial charge on any atom is 0.115 e. The zero-order valence-electron chi connectivity index (χ0n) is 13.3. The predicted octanol–water partition coefficient (Wildman–Crippen LogP) is 4.03. The number of hydrogen-bond acceptors (Lipinski definition) is 3. The van der Waals surface area contributed by atoms with Crippen LogP contribution in [0.3, 0.4) is 0 Å². The predicted molar refractivity (Wildman–Crippen MR) is 95.1 cm³/mol. The Balaban J connectivity index is 2.15. The van der Waals surface area contributed by atoms with Crippen molar-refractivity contribution < 1.29 is 15.3 Å². The zero-order valence-corrected chi connectivity index (χ0v) is 13.3. The lowest BCUT2D eigenvalue weighted by molar-refractivity contribution is 0.297. The highest BCUT2D eigenvalue weighted by molar-refractivity contribution is 5.52. The Morgan fingerprint density at radius 1 is 0.750 bits per heavy atom. The second kappa shape index (κ2) is 7.20. The van der Waals surface area contributed by atoms with Crippen molar-refractivity contribution in [3.05, 3.63) is 95.1 Å². The second-order valence-electron chi connectivity index (χ2n) is 5.79. The van der Waals surface area contributed by atoms with Crippen LogP contribution in [0.1, 0.15) is 23.5 Å². The molecule has 3 rings (SSSR count). The number of benzene rings is 2. The smallest absolute Gasteiger partial charge is 0.115 e. The molecule has 0 aliphatic heterocycles. The van der Waals surface area contributed by atoms with Crippen molar-refractivity contribution in [2.75, 3.05) is 6.61 Å². The van der Waals surface area contributed by atoms with Crippen LogP contribution >= 0.6 is 0 Å². The molecule has 0 heterocycles. The molecule has 0 saturated heterocycles. The van der Waals surface area contributed by atoms with Crippen molar-refractivity contribution in [3.63, 3.8) is 0 Å². The molecule has 0 amide bonds. The van der Waals surface area contributed by atoms with Crippen LogP contribution in [0.5, 0.6) is 11.5 Å². The van der Waals surface area contributed by atoms with Crippen molar-refractivity contribution in [3.8, 4) is 11.5 Å². The maximum absolute atomic E-state index is 9.59. The summed E-state index contributed by atoms with van der Waals surface area (Å²) in [5, 5.41) is 28.7. The summed E-state index contributed by atoms with van der Waals surface area (Å²) in [5.74, 6) is 0.390. The number of phenolic OH excluding ortho intramolecular Hbond substituents is 2. The zero-order chi connectivity index (χ0) is 16.9. The summed E-state index contributed by atoms with van der Waals surface area (Å²) in [7, 11) is 0. The summed E-state index contributed by atoms with van der Waals surface area (Å²) in [5.41, 5.74) is 4.26. The SMILES string of the molecule is OCCC(=C1C=CC=C1)C(c1ccc(O)cc1)c1ccc(O)cc1. The van der Waals surface area contributed by atoms with Gasteiger partial charge in [-0.3, -0.25) is 0 Å². The van der Waals surface area contributed by atoms with Crippen LogP contribution in [0, 0.1) is 0 Å². The van der Waals surface area contributed by atoms with Crippen LogP contribution < -0.4 is 0 Å². The fraction of sp³-hybridized carbons (Fsp3) is 0.143. The van der Waals surface area contributed by atoms with Crippen LogP contribution in [0.2, 0.25) is 0 Å². The number of aliphatic hydroxyl groups is 1. The molecular weight excluding hydrogens is 300 g/mol. The van der Waals surface area contributed by atoms with Crippen molar-refractivity contribution in [1.82, 2.24) is 0 Å². The molecule has 0 spiro atoms. The van der Waals surface area contributed by atoms with Gasteiger partial charge in [-0.2, -0.15) is 0 Å². The third-order valence-electron chi connectivity index (χ3n) is 4.22. The molecule has 0 radical (unpaired) electrons. The van der Waals surface area contributed by atoms with Gasteiger partial charge < -0.3 is 15.3 Å². The van der Waals surface area contributed by atoms with Gasteiger partial charge in [-0.1, -0.05) is 48.6 Å². The lowest BCUT2D eigenvalue weighted by Crippen LogP contribution is -2.08. The Hall–Kier alpha value is -2.78. The Bertz CT molecular complexity index is 721. The number of aromatic hydroxyl groups is 2. The van der Waals surface area contributed by atoms with Crippen molar-refractivity contribution in [1.29, 1.82) is 0 Å². The molecule has 0 aromatic heterocycles. The molecule has 0 saturated carbocycles. The van der Waals surface area contributed by atoms with E-state index in [1.807, 2.05) is 48.6 Å². The Labute approximate surface area is 141 Å². The second-order valence-corrected chi connectivity index (χ2v) is 5.79. The van der Waals surface area contributed by atoms with Gasteiger partial charge in [-0.25, -0.2) is 0 Å². The van der Waals surface area contributed by atoms with Gasteiger partial charge in [0.15, 0.2) is 0 Å². The molecule has 1 aliphatic carbocycles. The lowest BCUT2D eigenvalue weighted by Gasteiger charge is -2.23. The van der Waals surface area contributed by atoms with E-state index in [4.69, 9.17) is 0 Å². The Kier molecular flexibility index (Phi) is 4.82. The van der Waals surface area contributed by atoms with Gasteiger partial charge in [-0.05, 0) is 53.0 Å². The van der Waals surface area contributed by atoms with E-state index in [0.717, 1.165) is 22.3 Å². The maximum atomic E-state index is 9.59. The summed E-state index contributed by atoms with van der Waals surface area (Å²) >= 11 is 0. The first-order valence-electron chi connectivity index (χ1n) is 7.95. The summed E-state index contributed by atoms with van der Waals surface area (Å²) in [6.45, 7) is 0.0627. The molecule has 0 unspecified atom stereocenters. The van der Waals surface area contributed by atoms with Gasteiger partial charge in [0.1, 0.15) is 11.5 Å². The number of allylic oxidation sites excluding steroid dienone is 5. The molecule has 1 aliphatic rings. The van der Waals surface area contributed by atoms with Gasteiger partial charge in [0.25, 0.3) is 0 Å². The molecule has 2 aromatic carbocycles. The summed E-state index contributed by atoms with van der Waals surface area (Å²) < 4.78 is 0. The van der Waals surface area contributed by atoms with E-state index in [1.54, 1.807) is 24.3 Å². The minimum Gasteiger partial charge on any atom is -0.508 e. The van der Waals surface area contributed by atoms with E-state index in [0.29, 0.717) is 6.42 Å². The molecule has 0 fully saturated rings. The summed E-state index contributed by atoms with van der Waals surface area (Å²) in [6.07, 6.45) is 8.60.